The Kier molecular flexibility index (Phi) is 7.69. The lowest BCUT2D eigenvalue weighted by Crippen LogP contribution is -2.14. The fraction of sp³-hybridized carbons (Fsp3) is 0.538. The van der Waals surface area contributed by atoms with E-state index in [0.29, 0.717) is 0 Å². The largest absolute Gasteiger partial charge is 0.384 e. The lowest BCUT2D eigenvalue weighted by atomic mass is 10.2. The van der Waals surface area contributed by atoms with Gasteiger partial charge in [-0.15, -0.1) is 11.8 Å². The van der Waals surface area contributed by atoms with Crippen LogP contribution >= 0.6 is 23.4 Å². The molecule has 2 nitrogen and oxygen atoms in total. The molecule has 0 aliphatic carbocycles. The summed E-state index contributed by atoms with van der Waals surface area (Å²) in [5.74, 6) is 0.971. The van der Waals surface area contributed by atoms with E-state index in [2.05, 4.69) is 18.3 Å². The van der Waals surface area contributed by atoms with Gasteiger partial charge in [-0.3, -0.25) is 0 Å². The minimum Gasteiger partial charge on any atom is -0.384 e. The van der Waals surface area contributed by atoms with Gasteiger partial charge in [-0.2, -0.15) is 0 Å². The van der Waals surface area contributed by atoms with Crippen LogP contribution in [0.1, 0.15) is 18.9 Å². The highest BCUT2D eigenvalue weighted by Crippen LogP contribution is 2.25. The van der Waals surface area contributed by atoms with Gasteiger partial charge in [0.2, 0.25) is 0 Å². The molecule has 0 atom stereocenters. The van der Waals surface area contributed by atoms with Gasteiger partial charge in [-0.05, 0) is 36.7 Å². The van der Waals surface area contributed by atoms with E-state index in [1.54, 1.807) is 7.11 Å². The molecule has 0 spiro atoms. The Balaban J connectivity index is 2.59. The molecule has 1 N–H and O–H groups in total. The van der Waals surface area contributed by atoms with Crippen LogP contribution < -0.4 is 5.32 Å². The normalized spacial score (nSPS) is 10.8. The molecule has 0 saturated heterocycles. The first kappa shape index (κ1) is 14.8. The third-order valence-electron chi connectivity index (χ3n) is 2.31. The van der Waals surface area contributed by atoms with Crippen molar-refractivity contribution in [2.45, 2.75) is 24.8 Å². The van der Waals surface area contributed by atoms with Crippen molar-refractivity contribution >= 4 is 23.4 Å². The van der Waals surface area contributed by atoms with Crippen molar-refractivity contribution in [3.05, 3.63) is 28.8 Å². The van der Waals surface area contributed by atoms with Gasteiger partial charge in [0, 0.05) is 29.3 Å². The van der Waals surface area contributed by atoms with Gasteiger partial charge < -0.3 is 10.1 Å². The molecule has 4 heteroatoms. The Labute approximate surface area is 113 Å². The van der Waals surface area contributed by atoms with Crippen LogP contribution in [0.4, 0.5) is 0 Å². The topological polar surface area (TPSA) is 21.3 Å². The number of methoxy groups -OCH3 is 1. The maximum atomic E-state index is 6.03. The minimum atomic E-state index is 0.773. The van der Waals surface area contributed by atoms with Gasteiger partial charge in [-0.25, -0.2) is 0 Å². The molecule has 1 aromatic carbocycles. The SMILES string of the molecule is CCCNCc1cc(Cl)ccc1SCCOC. The van der Waals surface area contributed by atoms with Crippen LogP contribution in [0.25, 0.3) is 0 Å². The first-order valence-corrected chi connectivity index (χ1v) is 7.25. The van der Waals surface area contributed by atoms with E-state index in [9.17, 15) is 0 Å². The summed E-state index contributed by atoms with van der Waals surface area (Å²) >= 11 is 7.84. The highest BCUT2D eigenvalue weighted by atomic mass is 35.5. The second kappa shape index (κ2) is 8.81. The van der Waals surface area contributed by atoms with Crippen molar-refractivity contribution < 1.29 is 4.74 Å². The van der Waals surface area contributed by atoms with Crippen molar-refractivity contribution in [1.29, 1.82) is 0 Å². The van der Waals surface area contributed by atoms with Crippen molar-refractivity contribution in [2.24, 2.45) is 0 Å². The predicted molar refractivity (Wildman–Crippen MR) is 76.0 cm³/mol. The van der Waals surface area contributed by atoms with Gasteiger partial charge in [0.25, 0.3) is 0 Å². The first-order chi connectivity index (χ1) is 8.27. The molecule has 0 fully saturated rings. The second-order valence-corrected chi connectivity index (χ2v) is 5.34. The quantitative estimate of drug-likeness (QED) is 0.578. The zero-order valence-electron chi connectivity index (χ0n) is 10.5. The minimum absolute atomic E-state index is 0.773. The van der Waals surface area contributed by atoms with Crippen LogP contribution in [0.2, 0.25) is 5.02 Å². The van der Waals surface area contributed by atoms with Crippen molar-refractivity contribution in [3.63, 3.8) is 0 Å². The highest BCUT2D eigenvalue weighted by Gasteiger charge is 2.04. The van der Waals surface area contributed by atoms with E-state index >= 15 is 0 Å². The maximum absolute atomic E-state index is 6.03. The van der Waals surface area contributed by atoms with E-state index in [0.717, 1.165) is 36.9 Å². The third-order valence-corrected chi connectivity index (χ3v) is 3.62. The Morgan fingerprint density at radius 2 is 2.24 bits per heavy atom. The molecule has 0 aromatic heterocycles. The monoisotopic (exact) mass is 273 g/mol. The number of ether oxygens (including phenoxy) is 1. The zero-order chi connectivity index (χ0) is 12.5. The smallest absolute Gasteiger partial charge is 0.0556 e. The second-order valence-electron chi connectivity index (χ2n) is 3.77. The van der Waals surface area contributed by atoms with E-state index < -0.39 is 0 Å². The standard InChI is InChI=1S/C13H20ClNOS/c1-3-6-15-10-11-9-12(14)4-5-13(11)17-8-7-16-2/h4-5,9,15H,3,6-8,10H2,1-2H3. The fourth-order valence-corrected chi connectivity index (χ4v) is 2.61. The number of hydrogen-bond acceptors (Lipinski definition) is 3. The first-order valence-electron chi connectivity index (χ1n) is 5.88. The molecule has 0 bridgehead atoms. The predicted octanol–water partition coefficient (Wildman–Crippen LogP) is 3.58. The van der Waals surface area contributed by atoms with E-state index in [1.807, 2.05) is 23.9 Å². The summed E-state index contributed by atoms with van der Waals surface area (Å²) in [4.78, 5) is 1.29. The summed E-state index contributed by atoms with van der Waals surface area (Å²) in [6.45, 7) is 4.85. The number of hydrogen-bond donors (Lipinski definition) is 1. The van der Waals surface area contributed by atoms with Crippen LogP contribution in [0, 0.1) is 0 Å². The lowest BCUT2D eigenvalue weighted by molar-refractivity contribution is 0.218. The summed E-state index contributed by atoms with van der Waals surface area (Å²) < 4.78 is 5.06. The van der Waals surface area contributed by atoms with Crippen LogP contribution in [0.15, 0.2) is 23.1 Å². The van der Waals surface area contributed by atoms with E-state index in [-0.39, 0.29) is 0 Å². The van der Waals surface area contributed by atoms with Crippen molar-refractivity contribution in [3.8, 4) is 0 Å². The highest BCUT2D eigenvalue weighted by molar-refractivity contribution is 7.99. The molecular formula is C13H20ClNOS. The summed E-state index contributed by atoms with van der Waals surface area (Å²) in [6, 6.07) is 6.07. The van der Waals surface area contributed by atoms with Gasteiger partial charge >= 0.3 is 0 Å². The molecule has 0 aliphatic heterocycles. The Bertz CT molecular complexity index is 333. The Hall–Kier alpha value is -0.220. The molecule has 17 heavy (non-hydrogen) atoms. The molecule has 96 valence electrons. The van der Waals surface area contributed by atoms with E-state index in [1.165, 1.54) is 10.5 Å². The van der Waals surface area contributed by atoms with Crippen LogP contribution in [-0.4, -0.2) is 26.0 Å². The van der Waals surface area contributed by atoms with Crippen LogP contribution in [0.3, 0.4) is 0 Å². The molecule has 0 aliphatic rings. The summed E-state index contributed by atoms with van der Waals surface area (Å²) in [5, 5.41) is 4.21. The van der Waals surface area contributed by atoms with Crippen LogP contribution in [-0.2, 0) is 11.3 Å². The van der Waals surface area contributed by atoms with Crippen molar-refractivity contribution in [2.75, 3.05) is 26.0 Å². The van der Waals surface area contributed by atoms with Gasteiger partial charge in [0.05, 0.1) is 6.61 Å². The molecule has 1 rings (SSSR count). The molecule has 1 aromatic rings. The lowest BCUT2D eigenvalue weighted by Gasteiger charge is -2.10. The fourth-order valence-electron chi connectivity index (χ4n) is 1.46. The van der Waals surface area contributed by atoms with Crippen LogP contribution in [0.5, 0.6) is 0 Å². The molecule has 0 saturated carbocycles. The Morgan fingerprint density at radius 3 is 2.94 bits per heavy atom. The average Bonchev–Trinajstić information content (AvgIpc) is 2.32. The maximum Gasteiger partial charge on any atom is 0.0556 e. The molecule has 0 radical (unpaired) electrons. The van der Waals surface area contributed by atoms with Gasteiger partial charge in [0.15, 0.2) is 0 Å². The zero-order valence-corrected chi connectivity index (χ0v) is 12.0. The summed E-state index contributed by atoms with van der Waals surface area (Å²) in [5.41, 5.74) is 1.27. The summed E-state index contributed by atoms with van der Waals surface area (Å²) in [7, 11) is 1.73. The average molecular weight is 274 g/mol. The molecule has 0 amide bonds. The van der Waals surface area contributed by atoms with Gasteiger partial charge in [0.1, 0.15) is 0 Å². The molecule has 0 unspecified atom stereocenters. The summed E-state index contributed by atoms with van der Waals surface area (Å²) in [6.07, 6.45) is 1.15. The molecule has 0 heterocycles. The number of benzene rings is 1. The van der Waals surface area contributed by atoms with Gasteiger partial charge in [-0.1, -0.05) is 18.5 Å². The number of rotatable bonds is 8. The molecular weight excluding hydrogens is 254 g/mol. The number of nitrogens with one attached hydrogen (secondary N) is 1. The number of thioether (sulfide) groups is 1. The van der Waals surface area contributed by atoms with E-state index in [4.69, 9.17) is 16.3 Å². The third kappa shape index (κ3) is 5.77. The Morgan fingerprint density at radius 1 is 1.41 bits per heavy atom. The van der Waals surface area contributed by atoms with Crippen molar-refractivity contribution in [1.82, 2.24) is 5.32 Å². The number of halogens is 1.